The Morgan fingerprint density at radius 3 is 2.84 bits per heavy atom. The molecule has 0 spiro atoms. The van der Waals surface area contributed by atoms with E-state index in [4.69, 9.17) is 16.3 Å². The van der Waals surface area contributed by atoms with Gasteiger partial charge in [0.05, 0.1) is 23.0 Å². The molecule has 5 nitrogen and oxygen atoms in total. The van der Waals surface area contributed by atoms with Gasteiger partial charge in [0.15, 0.2) is 0 Å². The van der Waals surface area contributed by atoms with E-state index in [-0.39, 0.29) is 23.2 Å². The Bertz CT molecular complexity index is 1070. The summed E-state index contributed by atoms with van der Waals surface area (Å²) < 4.78 is 7.79. The monoisotopic (exact) mass is 359 g/mol. The lowest BCUT2D eigenvalue weighted by Crippen LogP contribution is -2.40. The first-order chi connectivity index (χ1) is 11.8. The van der Waals surface area contributed by atoms with Crippen molar-refractivity contribution in [3.8, 4) is 11.5 Å². The number of pyridine rings is 1. The largest absolute Gasteiger partial charge is 0.507 e. The zero-order chi connectivity index (χ0) is 17.9. The summed E-state index contributed by atoms with van der Waals surface area (Å²) in [5, 5.41) is 20.8. The Kier molecular flexibility index (Phi) is 3.49. The van der Waals surface area contributed by atoms with Crippen LogP contribution in [0.5, 0.6) is 11.5 Å². The molecular weight excluding hydrogens is 342 g/mol. The minimum atomic E-state index is -0.948. The third kappa shape index (κ3) is 2.23. The molecule has 3 aromatic rings. The molecular formula is C19H18ClNO4. The lowest BCUT2D eigenvalue weighted by atomic mass is 9.97. The number of hydrogen-bond donors (Lipinski definition) is 2. The topological polar surface area (TPSA) is 71.7 Å². The van der Waals surface area contributed by atoms with E-state index >= 15 is 0 Å². The van der Waals surface area contributed by atoms with E-state index in [1.54, 1.807) is 19.1 Å². The summed E-state index contributed by atoms with van der Waals surface area (Å²) in [5.41, 5.74) is 2.05. The quantitative estimate of drug-likeness (QED) is 0.545. The maximum absolute atomic E-state index is 12.9. The van der Waals surface area contributed by atoms with Crippen LogP contribution in [-0.4, -0.2) is 32.4 Å². The highest BCUT2D eigenvalue weighted by Crippen LogP contribution is 2.42. The first kappa shape index (κ1) is 16.2. The average molecular weight is 360 g/mol. The third-order valence-corrected chi connectivity index (χ3v) is 5.42. The number of aliphatic hydroxyl groups is 1. The molecule has 2 heterocycles. The second-order valence-corrected chi connectivity index (χ2v) is 7.61. The SMILES string of the molecule is Cn1c2ccccc2c(=O)c2c(O)cc3c(c21)C[C@H]([C@](C)(Cl)CO)O3. The molecule has 4 rings (SSSR count). The molecule has 2 N–H and O–H groups in total. The third-order valence-electron chi connectivity index (χ3n) is 5.06. The van der Waals surface area contributed by atoms with Crippen LogP contribution in [-0.2, 0) is 13.5 Å². The van der Waals surface area contributed by atoms with Crippen molar-refractivity contribution in [3.05, 3.63) is 46.1 Å². The standard InChI is InChI=1S/C19H18ClNO4/c1-19(20,9-22)15-7-11-14(25-15)8-13(23)16-17(11)21(2)12-6-4-3-5-10(12)18(16)24/h3-6,8,15,22-23H,7,9H2,1-2H3/t15-,19-/m1/s1. The molecule has 2 aromatic carbocycles. The number of para-hydroxylation sites is 1. The molecule has 1 aliphatic rings. The molecule has 0 aliphatic carbocycles. The highest BCUT2D eigenvalue weighted by Gasteiger charge is 2.40. The summed E-state index contributed by atoms with van der Waals surface area (Å²) in [5.74, 6) is 0.390. The van der Waals surface area contributed by atoms with Crippen molar-refractivity contribution in [2.75, 3.05) is 6.61 Å². The lowest BCUT2D eigenvalue weighted by Gasteiger charge is -2.25. The molecule has 0 fully saturated rings. The van der Waals surface area contributed by atoms with Crippen molar-refractivity contribution in [3.63, 3.8) is 0 Å². The van der Waals surface area contributed by atoms with Crippen molar-refractivity contribution in [2.45, 2.75) is 24.3 Å². The number of aryl methyl sites for hydroxylation is 1. The highest BCUT2D eigenvalue weighted by molar-refractivity contribution is 6.24. The number of fused-ring (bicyclic) bond motifs is 4. The number of aromatic hydroxyl groups is 1. The van der Waals surface area contributed by atoms with Crippen LogP contribution in [0.1, 0.15) is 12.5 Å². The number of rotatable bonds is 2. The molecule has 25 heavy (non-hydrogen) atoms. The Labute approximate surface area is 149 Å². The van der Waals surface area contributed by atoms with Gasteiger partial charge in [0.1, 0.15) is 22.5 Å². The second-order valence-electron chi connectivity index (χ2n) is 6.75. The molecule has 1 aromatic heterocycles. The van der Waals surface area contributed by atoms with Crippen molar-refractivity contribution in [2.24, 2.45) is 7.05 Å². The van der Waals surface area contributed by atoms with Crippen LogP contribution < -0.4 is 10.2 Å². The van der Waals surface area contributed by atoms with E-state index in [1.165, 1.54) is 6.07 Å². The fraction of sp³-hybridized carbons (Fsp3) is 0.316. The molecule has 0 saturated carbocycles. The number of aliphatic hydroxyl groups excluding tert-OH is 1. The van der Waals surface area contributed by atoms with Gasteiger partial charge in [0.25, 0.3) is 0 Å². The summed E-state index contributed by atoms with van der Waals surface area (Å²) in [4.78, 5) is 12.0. The van der Waals surface area contributed by atoms with Crippen molar-refractivity contribution < 1.29 is 14.9 Å². The van der Waals surface area contributed by atoms with Crippen LogP contribution in [0.25, 0.3) is 21.8 Å². The number of nitrogens with zero attached hydrogens (tertiary/aromatic N) is 1. The average Bonchev–Trinajstić information content (AvgIpc) is 3.03. The van der Waals surface area contributed by atoms with Gasteiger partial charge in [-0.3, -0.25) is 4.79 Å². The number of alkyl halides is 1. The van der Waals surface area contributed by atoms with Crippen LogP contribution in [0.2, 0.25) is 0 Å². The normalized spacial score (nSPS) is 19.0. The van der Waals surface area contributed by atoms with Gasteiger partial charge in [-0.2, -0.15) is 0 Å². The lowest BCUT2D eigenvalue weighted by molar-refractivity contribution is 0.131. The van der Waals surface area contributed by atoms with Gasteiger partial charge in [-0.25, -0.2) is 0 Å². The van der Waals surface area contributed by atoms with Gasteiger partial charge < -0.3 is 19.5 Å². The summed E-state index contributed by atoms with van der Waals surface area (Å²) >= 11 is 6.37. The van der Waals surface area contributed by atoms with Gasteiger partial charge in [0, 0.05) is 30.5 Å². The molecule has 6 heteroatoms. The van der Waals surface area contributed by atoms with Crippen molar-refractivity contribution >= 4 is 33.4 Å². The first-order valence-corrected chi connectivity index (χ1v) is 8.45. The molecule has 0 bridgehead atoms. The van der Waals surface area contributed by atoms with E-state index in [2.05, 4.69) is 0 Å². The van der Waals surface area contributed by atoms with E-state index in [0.717, 1.165) is 11.1 Å². The Morgan fingerprint density at radius 2 is 2.12 bits per heavy atom. The molecule has 0 saturated heterocycles. The van der Waals surface area contributed by atoms with Crippen LogP contribution >= 0.6 is 11.6 Å². The van der Waals surface area contributed by atoms with E-state index in [0.29, 0.717) is 23.1 Å². The van der Waals surface area contributed by atoms with Gasteiger partial charge in [-0.05, 0) is 19.1 Å². The molecule has 1 aliphatic heterocycles. The Morgan fingerprint density at radius 1 is 1.40 bits per heavy atom. The smallest absolute Gasteiger partial charge is 0.200 e. The number of ether oxygens (including phenoxy) is 1. The number of aromatic nitrogens is 1. The predicted molar refractivity (Wildman–Crippen MR) is 97.8 cm³/mol. The molecule has 0 unspecified atom stereocenters. The van der Waals surface area contributed by atoms with Gasteiger partial charge in [0.2, 0.25) is 5.43 Å². The molecule has 2 atom stereocenters. The van der Waals surface area contributed by atoms with E-state index in [1.807, 2.05) is 23.7 Å². The summed E-state index contributed by atoms with van der Waals surface area (Å²) in [6.45, 7) is 1.47. The summed E-state index contributed by atoms with van der Waals surface area (Å²) in [6, 6.07) is 8.78. The first-order valence-electron chi connectivity index (χ1n) is 8.08. The predicted octanol–water partition coefficient (Wildman–Crippen LogP) is 2.69. The minimum absolute atomic E-state index is 0.110. The molecule has 130 valence electrons. The van der Waals surface area contributed by atoms with Crippen molar-refractivity contribution in [1.82, 2.24) is 4.57 Å². The number of halogens is 1. The van der Waals surface area contributed by atoms with Crippen LogP contribution in [0.4, 0.5) is 0 Å². The zero-order valence-corrected chi connectivity index (χ0v) is 14.7. The van der Waals surface area contributed by atoms with Gasteiger partial charge in [-0.15, -0.1) is 11.6 Å². The van der Waals surface area contributed by atoms with Crippen LogP contribution in [0.15, 0.2) is 35.1 Å². The fourth-order valence-electron chi connectivity index (χ4n) is 3.60. The zero-order valence-electron chi connectivity index (χ0n) is 13.9. The van der Waals surface area contributed by atoms with Gasteiger partial charge >= 0.3 is 0 Å². The van der Waals surface area contributed by atoms with Crippen molar-refractivity contribution in [1.29, 1.82) is 0 Å². The molecule has 0 radical (unpaired) electrons. The minimum Gasteiger partial charge on any atom is -0.507 e. The fourth-order valence-corrected chi connectivity index (χ4v) is 3.72. The Hall–Kier alpha value is -2.24. The number of hydrogen-bond acceptors (Lipinski definition) is 4. The van der Waals surface area contributed by atoms with E-state index in [9.17, 15) is 15.0 Å². The van der Waals surface area contributed by atoms with Crippen LogP contribution in [0, 0.1) is 0 Å². The number of phenols is 1. The summed E-state index contributed by atoms with van der Waals surface area (Å²) in [6.07, 6.45) is 0.0129. The molecule has 0 amide bonds. The second kappa shape index (κ2) is 5.38. The highest BCUT2D eigenvalue weighted by atomic mass is 35.5. The number of benzene rings is 2. The van der Waals surface area contributed by atoms with Crippen LogP contribution in [0.3, 0.4) is 0 Å². The Balaban J connectivity index is 2.07. The maximum Gasteiger partial charge on any atom is 0.200 e. The van der Waals surface area contributed by atoms with E-state index < -0.39 is 11.0 Å². The summed E-state index contributed by atoms with van der Waals surface area (Å²) in [7, 11) is 1.86. The van der Waals surface area contributed by atoms with Gasteiger partial charge in [-0.1, -0.05) is 12.1 Å². The number of phenolic OH excluding ortho intramolecular Hbond substituents is 1. The maximum atomic E-state index is 12.9.